The molecule has 0 amide bonds. The Morgan fingerprint density at radius 3 is 2.75 bits per heavy atom. The summed E-state index contributed by atoms with van der Waals surface area (Å²) in [6, 6.07) is 6.17. The van der Waals surface area contributed by atoms with Crippen LogP contribution in [-0.4, -0.2) is 0 Å². The van der Waals surface area contributed by atoms with Gasteiger partial charge in [0.05, 0.1) is 0 Å². The van der Waals surface area contributed by atoms with Crippen LogP contribution in [-0.2, 0) is 0 Å². The number of hydrogen-bond acceptors (Lipinski definition) is 0. The Balaban J connectivity index is 3.09. The molecule has 42 valence electrons. The minimum absolute atomic E-state index is 1.24. The largest absolute Gasteiger partial charge is 0.177 e. The van der Waals surface area contributed by atoms with E-state index in [0.29, 0.717) is 0 Å². The van der Waals surface area contributed by atoms with Crippen LogP contribution in [0.5, 0.6) is 0 Å². The van der Waals surface area contributed by atoms with Gasteiger partial charge < -0.3 is 0 Å². The van der Waals surface area contributed by atoms with Crippen LogP contribution < -0.4 is 0 Å². The van der Waals surface area contributed by atoms with Crippen LogP contribution >= 0.6 is 0 Å². The molecule has 0 N–H and O–H groups in total. The van der Waals surface area contributed by atoms with Crippen LogP contribution in [0.2, 0.25) is 0 Å². The van der Waals surface area contributed by atoms with E-state index in [1.165, 1.54) is 11.1 Å². The Bertz CT molecular complexity index is 182. The van der Waals surface area contributed by atoms with E-state index >= 15 is 0 Å². The van der Waals surface area contributed by atoms with Gasteiger partial charge in [-0.1, -0.05) is 6.92 Å². The molecule has 0 aliphatic rings. The van der Waals surface area contributed by atoms with Gasteiger partial charge in [0, 0.05) is 0 Å². The molecule has 0 fully saturated rings. The van der Waals surface area contributed by atoms with Crippen molar-refractivity contribution in [3.05, 3.63) is 35.9 Å². The highest BCUT2D eigenvalue weighted by atomic mass is 13.9. The molecule has 1 aromatic rings. The van der Waals surface area contributed by atoms with Crippen molar-refractivity contribution in [3.8, 4) is 0 Å². The van der Waals surface area contributed by atoms with Crippen LogP contribution in [0.1, 0.15) is 11.1 Å². The lowest BCUT2D eigenvalue weighted by molar-refractivity contribution is 1.52. The Labute approximate surface area is 49.8 Å². The molecule has 0 saturated carbocycles. The van der Waals surface area contributed by atoms with Crippen molar-refractivity contribution in [2.24, 2.45) is 0 Å². The van der Waals surface area contributed by atoms with Gasteiger partial charge in [0.2, 0.25) is 0 Å². The lowest BCUT2D eigenvalue weighted by Gasteiger charge is -1.94. The van der Waals surface area contributed by atoms with Gasteiger partial charge in [-0.2, -0.15) is 23.8 Å². The summed E-state index contributed by atoms with van der Waals surface area (Å²) in [7, 11) is 0. The van der Waals surface area contributed by atoms with E-state index in [9.17, 15) is 0 Å². The van der Waals surface area contributed by atoms with Crippen molar-refractivity contribution in [3.63, 3.8) is 0 Å². The average molecular weight is 105 g/mol. The highest BCUT2D eigenvalue weighted by Gasteiger charge is 1.78. The Kier molecular flexibility index (Phi) is 1.25. The van der Waals surface area contributed by atoms with E-state index < -0.39 is 0 Å². The molecular weight excluding hydrogens is 96.1 g/mol. The second-order valence-corrected chi connectivity index (χ2v) is 1.87. The van der Waals surface area contributed by atoms with Gasteiger partial charge in [0.1, 0.15) is 0 Å². The van der Waals surface area contributed by atoms with Crippen molar-refractivity contribution in [1.82, 2.24) is 0 Å². The summed E-state index contributed by atoms with van der Waals surface area (Å²) >= 11 is 0. The first-order chi connectivity index (χ1) is 3.84. The first kappa shape index (κ1) is 5.23. The predicted octanol–water partition coefficient (Wildman–Crippen LogP) is 2.36. The summed E-state index contributed by atoms with van der Waals surface area (Å²) < 4.78 is 0. The van der Waals surface area contributed by atoms with Gasteiger partial charge in [0.25, 0.3) is 0 Å². The summed E-state index contributed by atoms with van der Waals surface area (Å²) in [5.41, 5.74) is 2.55. The maximum atomic E-state index is 3.66. The number of rotatable bonds is 1. The topological polar surface area (TPSA) is 0 Å². The molecule has 0 saturated heterocycles. The second-order valence-electron chi connectivity index (χ2n) is 1.87. The number of aryl methyl sites for hydroxylation is 1. The highest BCUT2D eigenvalue weighted by molar-refractivity contribution is 5.52. The van der Waals surface area contributed by atoms with E-state index in [1.54, 1.807) is 0 Å². The van der Waals surface area contributed by atoms with Crippen LogP contribution in [0.25, 0.3) is 6.08 Å². The first-order valence-corrected chi connectivity index (χ1v) is 2.69. The molecular formula is C8H9-. The van der Waals surface area contributed by atoms with Crippen molar-refractivity contribution in [1.29, 1.82) is 0 Å². The molecule has 0 nitrogen and oxygen atoms in total. The summed E-state index contributed by atoms with van der Waals surface area (Å²) in [6.45, 7) is 5.74. The van der Waals surface area contributed by atoms with Gasteiger partial charge in [-0.15, -0.1) is 18.2 Å². The van der Waals surface area contributed by atoms with Crippen molar-refractivity contribution >= 4 is 6.08 Å². The summed E-state index contributed by atoms with van der Waals surface area (Å²) in [5, 5.41) is 0. The van der Waals surface area contributed by atoms with Crippen LogP contribution in [0.15, 0.2) is 24.8 Å². The zero-order valence-electron chi connectivity index (χ0n) is 5.02. The third kappa shape index (κ3) is 0.692. The molecule has 1 rings (SSSR count). The Morgan fingerprint density at radius 2 is 2.50 bits per heavy atom. The van der Waals surface area contributed by atoms with Gasteiger partial charge in [-0.25, -0.2) is 0 Å². The zero-order valence-corrected chi connectivity index (χ0v) is 5.02. The fourth-order valence-corrected chi connectivity index (χ4v) is 0.753. The molecule has 0 spiro atoms. The van der Waals surface area contributed by atoms with E-state index in [-0.39, 0.29) is 0 Å². The fraction of sp³-hybridized carbons (Fsp3) is 0.125. The molecule has 1 aromatic carbocycles. The van der Waals surface area contributed by atoms with Gasteiger partial charge in [-0.3, -0.25) is 0 Å². The lowest BCUT2D eigenvalue weighted by atomic mass is 10.2. The van der Waals surface area contributed by atoms with Gasteiger partial charge >= 0.3 is 0 Å². The van der Waals surface area contributed by atoms with Crippen molar-refractivity contribution in [2.75, 3.05) is 0 Å². The molecule has 0 aliphatic heterocycles. The molecule has 0 radical (unpaired) electrons. The van der Waals surface area contributed by atoms with Crippen molar-refractivity contribution < 1.29 is 0 Å². The Hall–Kier alpha value is -0.910. The molecule has 0 heteroatoms. The van der Waals surface area contributed by atoms with E-state index in [1.807, 2.05) is 12.1 Å². The van der Waals surface area contributed by atoms with Gasteiger partial charge in [-0.05, 0) is 0 Å². The predicted molar refractivity (Wildman–Crippen MR) is 36.9 cm³/mol. The highest BCUT2D eigenvalue weighted by Crippen LogP contribution is 2.08. The summed E-state index contributed by atoms with van der Waals surface area (Å²) in [6.07, 6.45) is 1.87. The van der Waals surface area contributed by atoms with Crippen LogP contribution in [0, 0.1) is 6.92 Å². The normalized spacial score (nSPS) is 9.12. The molecule has 0 atom stereocenters. The molecule has 0 aliphatic carbocycles. The SMILES string of the molecule is C=Cc1ccc[c-]1C. The second kappa shape index (κ2) is 1.91. The summed E-state index contributed by atoms with van der Waals surface area (Å²) in [5.74, 6) is 0. The van der Waals surface area contributed by atoms with Crippen LogP contribution in [0.4, 0.5) is 0 Å². The first-order valence-electron chi connectivity index (χ1n) is 2.69. The third-order valence-corrected chi connectivity index (χ3v) is 1.30. The summed E-state index contributed by atoms with van der Waals surface area (Å²) in [4.78, 5) is 0. The minimum Gasteiger partial charge on any atom is -0.177 e. The average Bonchev–Trinajstić information content (AvgIpc) is 2.14. The quantitative estimate of drug-likeness (QED) is 0.481. The molecule has 0 unspecified atom stereocenters. The molecule has 0 bridgehead atoms. The van der Waals surface area contributed by atoms with E-state index in [0.717, 1.165) is 0 Å². The van der Waals surface area contributed by atoms with E-state index in [2.05, 4.69) is 25.6 Å². The fourth-order valence-electron chi connectivity index (χ4n) is 0.753. The molecule has 0 aromatic heterocycles. The smallest absolute Gasteiger partial charge is 0.0749 e. The third-order valence-electron chi connectivity index (χ3n) is 1.30. The zero-order chi connectivity index (χ0) is 5.98. The Morgan fingerprint density at radius 1 is 1.75 bits per heavy atom. The maximum Gasteiger partial charge on any atom is -0.0749 e. The number of hydrogen-bond donors (Lipinski definition) is 0. The van der Waals surface area contributed by atoms with E-state index in [4.69, 9.17) is 0 Å². The molecule has 8 heavy (non-hydrogen) atoms. The minimum atomic E-state index is 1.24. The monoisotopic (exact) mass is 105 g/mol. The standard InChI is InChI=1S/C8H9/c1-3-8-6-4-5-7(8)2/h3-6H,1H2,2H3/q-1. The maximum absolute atomic E-state index is 3.66. The molecule has 0 heterocycles. The van der Waals surface area contributed by atoms with Crippen LogP contribution in [0.3, 0.4) is 0 Å². The van der Waals surface area contributed by atoms with Gasteiger partial charge in [0.15, 0.2) is 0 Å². The van der Waals surface area contributed by atoms with Crippen molar-refractivity contribution in [2.45, 2.75) is 6.92 Å². The lowest BCUT2D eigenvalue weighted by Crippen LogP contribution is -1.64.